The Hall–Kier alpha value is -2.48. The predicted molar refractivity (Wildman–Crippen MR) is 118 cm³/mol. The Labute approximate surface area is 163 Å². The van der Waals surface area contributed by atoms with Gasteiger partial charge < -0.3 is 9.97 Å². The molecule has 2 aromatic carbocycles. The van der Waals surface area contributed by atoms with Gasteiger partial charge in [0, 0.05) is 23.4 Å². The Kier molecular flexibility index (Phi) is 6.39. The zero-order valence-corrected chi connectivity index (χ0v) is 17.0. The smallest absolute Gasteiger partial charge is 0.0454 e. The maximum absolute atomic E-state index is 3.21. The van der Waals surface area contributed by atoms with Crippen molar-refractivity contribution in [3.8, 4) is 0 Å². The van der Waals surface area contributed by atoms with Gasteiger partial charge >= 0.3 is 0 Å². The summed E-state index contributed by atoms with van der Waals surface area (Å²) >= 11 is 0. The highest BCUT2D eigenvalue weighted by Crippen LogP contribution is 2.17. The molecular weight excluding hydrogens is 328 g/mol. The minimum atomic E-state index is 0.733. The van der Waals surface area contributed by atoms with Gasteiger partial charge in [-0.25, -0.2) is 0 Å². The fourth-order valence-electron chi connectivity index (χ4n) is 3.41. The Bertz CT molecular complexity index is 972. The second-order valence-corrected chi connectivity index (χ2v) is 8.33. The normalized spacial score (nSPS) is 11.3. The van der Waals surface area contributed by atoms with Crippen molar-refractivity contribution in [1.29, 1.82) is 0 Å². The van der Waals surface area contributed by atoms with E-state index in [0.717, 1.165) is 11.8 Å². The molecule has 4 aromatic rings. The number of hydrogen-bond acceptors (Lipinski definition) is 0. The summed E-state index contributed by atoms with van der Waals surface area (Å²) in [6.07, 6.45) is 7.62. The molecule has 0 aliphatic carbocycles. The van der Waals surface area contributed by atoms with Gasteiger partial charge in [-0.15, -0.1) is 0 Å². The third-order valence-corrected chi connectivity index (χ3v) is 4.89. The summed E-state index contributed by atoms with van der Waals surface area (Å²) in [7, 11) is 0. The highest BCUT2D eigenvalue weighted by Gasteiger charge is 2.00. The van der Waals surface area contributed by atoms with Gasteiger partial charge in [0.15, 0.2) is 0 Å². The van der Waals surface area contributed by atoms with Crippen LogP contribution >= 0.6 is 0 Å². The van der Waals surface area contributed by atoms with E-state index in [0.29, 0.717) is 0 Å². The Morgan fingerprint density at radius 1 is 0.667 bits per heavy atom. The van der Waals surface area contributed by atoms with Gasteiger partial charge in [0.25, 0.3) is 0 Å². The molecule has 2 heteroatoms. The lowest BCUT2D eigenvalue weighted by molar-refractivity contribution is 0.587. The first-order valence-electron chi connectivity index (χ1n) is 10.1. The molecule has 0 aliphatic rings. The van der Waals surface area contributed by atoms with Crippen molar-refractivity contribution in [2.75, 3.05) is 0 Å². The topological polar surface area (TPSA) is 31.6 Å². The van der Waals surface area contributed by atoms with Crippen molar-refractivity contribution in [2.45, 2.75) is 47.0 Å². The van der Waals surface area contributed by atoms with Crippen LogP contribution in [0.4, 0.5) is 0 Å². The molecule has 0 bridgehead atoms. The number of benzene rings is 2. The molecule has 142 valence electrons. The summed E-state index contributed by atoms with van der Waals surface area (Å²) in [6, 6.07) is 17.6. The van der Waals surface area contributed by atoms with E-state index in [9.17, 15) is 0 Å². The molecule has 0 fully saturated rings. The van der Waals surface area contributed by atoms with Gasteiger partial charge in [-0.1, -0.05) is 39.8 Å². The molecule has 0 radical (unpaired) electrons. The Balaban J connectivity index is 0.000000156. The van der Waals surface area contributed by atoms with Crippen LogP contribution in [0.5, 0.6) is 0 Å². The number of nitrogens with one attached hydrogen (secondary N) is 2. The molecule has 0 saturated heterocycles. The molecule has 0 amide bonds. The summed E-state index contributed by atoms with van der Waals surface area (Å²) in [6.45, 7) is 9.05. The molecule has 0 spiro atoms. The van der Waals surface area contributed by atoms with E-state index in [1.165, 1.54) is 52.2 Å². The van der Waals surface area contributed by atoms with Crippen molar-refractivity contribution < 1.29 is 0 Å². The average Bonchev–Trinajstić information content (AvgIpc) is 3.28. The second-order valence-electron chi connectivity index (χ2n) is 8.33. The number of aromatic amines is 2. The number of fused-ring (bicyclic) bond motifs is 2. The number of aromatic nitrogens is 2. The van der Waals surface area contributed by atoms with E-state index in [2.05, 4.69) is 86.2 Å². The molecule has 2 N–H and O–H groups in total. The van der Waals surface area contributed by atoms with Crippen molar-refractivity contribution in [2.24, 2.45) is 11.8 Å². The third kappa shape index (κ3) is 5.50. The van der Waals surface area contributed by atoms with Crippen LogP contribution in [0.25, 0.3) is 21.8 Å². The van der Waals surface area contributed by atoms with E-state index in [4.69, 9.17) is 0 Å². The van der Waals surface area contributed by atoms with E-state index < -0.39 is 0 Å². The summed E-state index contributed by atoms with van der Waals surface area (Å²) in [5.41, 5.74) is 5.35. The van der Waals surface area contributed by atoms with Gasteiger partial charge in [-0.05, 0) is 89.4 Å². The van der Waals surface area contributed by atoms with Gasteiger partial charge in [-0.3, -0.25) is 0 Å². The van der Waals surface area contributed by atoms with Crippen LogP contribution in [0.1, 0.15) is 45.2 Å². The number of hydrogen-bond donors (Lipinski definition) is 2. The summed E-state index contributed by atoms with van der Waals surface area (Å²) < 4.78 is 0. The van der Waals surface area contributed by atoms with Crippen LogP contribution < -0.4 is 0 Å². The van der Waals surface area contributed by atoms with Crippen molar-refractivity contribution in [1.82, 2.24) is 9.97 Å². The lowest BCUT2D eigenvalue weighted by Crippen LogP contribution is -1.92. The van der Waals surface area contributed by atoms with Crippen molar-refractivity contribution >= 4 is 21.8 Å². The first-order valence-corrected chi connectivity index (χ1v) is 10.1. The first kappa shape index (κ1) is 19.3. The molecule has 0 saturated carbocycles. The van der Waals surface area contributed by atoms with Crippen molar-refractivity contribution in [3.63, 3.8) is 0 Å². The van der Waals surface area contributed by atoms with Gasteiger partial charge in [0.05, 0.1) is 0 Å². The van der Waals surface area contributed by atoms with Crippen LogP contribution in [0.3, 0.4) is 0 Å². The molecule has 0 unspecified atom stereocenters. The Morgan fingerprint density at radius 3 is 1.78 bits per heavy atom. The van der Waals surface area contributed by atoms with E-state index in [1.807, 2.05) is 12.4 Å². The maximum Gasteiger partial charge on any atom is 0.0454 e. The monoisotopic (exact) mass is 360 g/mol. The van der Waals surface area contributed by atoms with Crippen LogP contribution in [0, 0.1) is 11.8 Å². The molecule has 2 nitrogen and oxygen atoms in total. The van der Waals surface area contributed by atoms with Crippen LogP contribution in [-0.4, -0.2) is 9.97 Å². The third-order valence-electron chi connectivity index (χ3n) is 4.89. The first-order chi connectivity index (χ1) is 13.0. The number of rotatable bonds is 5. The SMILES string of the molecule is CC(C)CCc1ccc2[nH]ccc2c1.CC(C)Cc1ccc2[nH]ccc2c1. The number of H-pyrrole nitrogens is 2. The molecule has 2 aromatic heterocycles. The molecular formula is C25H32N2. The predicted octanol–water partition coefficient (Wildman–Crippen LogP) is 7.12. The highest BCUT2D eigenvalue weighted by atomic mass is 14.7. The lowest BCUT2D eigenvalue weighted by Gasteiger charge is -2.04. The van der Waals surface area contributed by atoms with Gasteiger partial charge in [0.2, 0.25) is 0 Å². The van der Waals surface area contributed by atoms with Crippen molar-refractivity contribution in [3.05, 3.63) is 72.1 Å². The highest BCUT2D eigenvalue weighted by molar-refractivity contribution is 5.80. The second kappa shape index (κ2) is 8.94. The molecule has 27 heavy (non-hydrogen) atoms. The summed E-state index contributed by atoms with van der Waals surface area (Å²) in [5.74, 6) is 1.52. The quantitative estimate of drug-likeness (QED) is 0.379. The number of aryl methyl sites for hydroxylation is 1. The maximum atomic E-state index is 3.21. The zero-order chi connectivity index (χ0) is 19.2. The fraction of sp³-hybridized carbons (Fsp3) is 0.360. The lowest BCUT2D eigenvalue weighted by atomic mass is 10.0. The van der Waals surface area contributed by atoms with E-state index >= 15 is 0 Å². The molecule has 4 rings (SSSR count). The van der Waals surface area contributed by atoms with Crippen LogP contribution in [0.2, 0.25) is 0 Å². The minimum absolute atomic E-state index is 0.733. The van der Waals surface area contributed by atoms with Crippen LogP contribution in [-0.2, 0) is 12.8 Å². The molecule has 0 aliphatic heterocycles. The van der Waals surface area contributed by atoms with Gasteiger partial charge in [0.1, 0.15) is 0 Å². The molecule has 2 heterocycles. The Morgan fingerprint density at radius 2 is 1.22 bits per heavy atom. The van der Waals surface area contributed by atoms with E-state index in [-0.39, 0.29) is 0 Å². The van der Waals surface area contributed by atoms with Gasteiger partial charge in [-0.2, -0.15) is 0 Å². The van der Waals surface area contributed by atoms with E-state index in [1.54, 1.807) is 0 Å². The standard InChI is InChI=1S/C13H17N.C12H15N/c1-10(2)3-4-11-5-6-13-12(9-11)7-8-14-13;1-9(2)7-10-3-4-12-11(8-10)5-6-13-12/h5-10,14H,3-4H2,1-2H3;3-6,8-9,13H,7H2,1-2H3. The zero-order valence-electron chi connectivity index (χ0n) is 17.0. The largest absolute Gasteiger partial charge is 0.361 e. The minimum Gasteiger partial charge on any atom is -0.361 e. The summed E-state index contributed by atoms with van der Waals surface area (Å²) in [5, 5.41) is 2.64. The van der Waals surface area contributed by atoms with Crippen LogP contribution in [0.15, 0.2) is 60.9 Å². The fourth-order valence-corrected chi connectivity index (χ4v) is 3.41. The summed E-state index contributed by atoms with van der Waals surface area (Å²) in [4.78, 5) is 6.41. The average molecular weight is 361 g/mol. The molecule has 0 atom stereocenters.